The zero-order chi connectivity index (χ0) is 16.9. The van der Waals surface area contributed by atoms with Crippen molar-refractivity contribution in [2.24, 2.45) is 0 Å². The molecule has 3 aromatic rings. The van der Waals surface area contributed by atoms with Crippen LogP contribution in [0.1, 0.15) is 19.4 Å². The van der Waals surface area contributed by atoms with Gasteiger partial charge in [0.1, 0.15) is 6.04 Å². The fourth-order valence-corrected chi connectivity index (χ4v) is 2.88. The molecule has 0 saturated carbocycles. The van der Waals surface area contributed by atoms with Crippen LogP contribution in [0.15, 0.2) is 71.5 Å². The largest absolute Gasteiger partial charge is 0.324 e. The van der Waals surface area contributed by atoms with Gasteiger partial charge < -0.3 is 5.32 Å². The molecule has 4 nitrogen and oxygen atoms in total. The Hall–Kier alpha value is -2.40. The number of hydrogen-bond donors (Lipinski definition) is 1. The molecule has 122 valence electrons. The number of nitrogens with zero attached hydrogens (tertiary/aromatic N) is 2. The Bertz CT molecular complexity index is 812. The van der Waals surface area contributed by atoms with Crippen molar-refractivity contribution in [3.8, 4) is 11.1 Å². The van der Waals surface area contributed by atoms with E-state index in [2.05, 4.69) is 38.5 Å². The predicted molar refractivity (Wildman–Crippen MR) is 99.8 cm³/mol. The fraction of sp³-hybridized carbons (Fsp3) is 0.158. The summed E-state index contributed by atoms with van der Waals surface area (Å²) < 4.78 is 2.54. The molecule has 1 N–H and O–H groups in total. The van der Waals surface area contributed by atoms with Crippen LogP contribution in [0.4, 0.5) is 5.69 Å². The molecule has 0 fully saturated rings. The average molecular weight is 384 g/mol. The fourth-order valence-electron chi connectivity index (χ4n) is 2.58. The first kappa shape index (κ1) is 16.5. The monoisotopic (exact) mass is 383 g/mol. The number of carbonyl (C=O) groups is 1. The van der Waals surface area contributed by atoms with Crippen LogP contribution in [0, 0.1) is 0 Å². The van der Waals surface area contributed by atoms with Crippen molar-refractivity contribution in [2.45, 2.75) is 19.4 Å². The third-order valence-corrected chi connectivity index (χ3v) is 4.25. The highest BCUT2D eigenvalue weighted by Crippen LogP contribution is 2.22. The number of benzene rings is 2. The van der Waals surface area contributed by atoms with Crippen molar-refractivity contribution < 1.29 is 4.79 Å². The molecule has 1 unspecified atom stereocenters. The van der Waals surface area contributed by atoms with E-state index in [4.69, 9.17) is 0 Å². The van der Waals surface area contributed by atoms with Crippen LogP contribution < -0.4 is 5.32 Å². The number of hydrogen-bond acceptors (Lipinski definition) is 2. The number of halogens is 1. The molecule has 0 spiro atoms. The third-order valence-electron chi connectivity index (χ3n) is 3.84. The van der Waals surface area contributed by atoms with Crippen LogP contribution >= 0.6 is 15.9 Å². The maximum atomic E-state index is 12.5. The summed E-state index contributed by atoms with van der Waals surface area (Å²) in [6.07, 6.45) is 4.17. The molecular formula is C19H18BrN3O. The normalized spacial score (nSPS) is 11.9. The lowest BCUT2D eigenvalue weighted by Crippen LogP contribution is -2.25. The van der Waals surface area contributed by atoms with E-state index in [1.54, 1.807) is 10.9 Å². The quantitative estimate of drug-likeness (QED) is 0.680. The minimum atomic E-state index is -0.329. The molecule has 1 heterocycles. The SMILES string of the molecule is CCC(C(=O)Nc1ccc(-c2ccccc2)cc1)n1cc(Br)cn1. The highest BCUT2D eigenvalue weighted by molar-refractivity contribution is 9.10. The second kappa shape index (κ2) is 7.45. The van der Waals surface area contributed by atoms with Gasteiger partial charge >= 0.3 is 0 Å². The first-order chi connectivity index (χ1) is 11.7. The number of nitrogens with one attached hydrogen (secondary N) is 1. The van der Waals surface area contributed by atoms with Gasteiger partial charge in [0, 0.05) is 11.9 Å². The van der Waals surface area contributed by atoms with Gasteiger partial charge in [0.05, 0.1) is 10.7 Å². The maximum absolute atomic E-state index is 12.5. The highest BCUT2D eigenvalue weighted by Gasteiger charge is 2.19. The highest BCUT2D eigenvalue weighted by atomic mass is 79.9. The molecular weight excluding hydrogens is 366 g/mol. The summed E-state index contributed by atoms with van der Waals surface area (Å²) in [5, 5.41) is 7.18. The maximum Gasteiger partial charge on any atom is 0.249 e. The standard InChI is InChI=1S/C19H18BrN3O/c1-2-18(23-13-16(20)12-21-23)19(24)22-17-10-8-15(9-11-17)14-6-4-3-5-7-14/h3-13,18H,2H2,1H3,(H,22,24). The lowest BCUT2D eigenvalue weighted by molar-refractivity contribution is -0.119. The van der Waals surface area contributed by atoms with E-state index in [-0.39, 0.29) is 11.9 Å². The Morgan fingerprint density at radius 1 is 1.12 bits per heavy atom. The van der Waals surface area contributed by atoms with E-state index in [9.17, 15) is 4.79 Å². The number of aromatic nitrogens is 2. The molecule has 5 heteroatoms. The van der Waals surface area contributed by atoms with Gasteiger partial charge in [-0.25, -0.2) is 0 Å². The van der Waals surface area contributed by atoms with Crippen LogP contribution in [0.25, 0.3) is 11.1 Å². The Morgan fingerprint density at radius 2 is 1.79 bits per heavy atom. The van der Waals surface area contributed by atoms with Gasteiger partial charge in [-0.15, -0.1) is 0 Å². The van der Waals surface area contributed by atoms with E-state index in [0.29, 0.717) is 6.42 Å². The zero-order valence-electron chi connectivity index (χ0n) is 13.3. The van der Waals surface area contributed by atoms with E-state index in [1.165, 1.54) is 0 Å². The average Bonchev–Trinajstić information content (AvgIpc) is 3.03. The Kier molecular flexibility index (Phi) is 5.11. The summed E-state index contributed by atoms with van der Waals surface area (Å²) in [5.41, 5.74) is 3.06. The molecule has 2 aromatic carbocycles. The van der Waals surface area contributed by atoms with Gasteiger partial charge in [0.25, 0.3) is 0 Å². The molecule has 1 aromatic heterocycles. The van der Waals surface area contributed by atoms with Gasteiger partial charge in [-0.05, 0) is 45.6 Å². The number of carbonyl (C=O) groups excluding carboxylic acids is 1. The van der Waals surface area contributed by atoms with Gasteiger partial charge in [-0.3, -0.25) is 9.48 Å². The van der Waals surface area contributed by atoms with E-state index >= 15 is 0 Å². The Labute approximate surface area is 149 Å². The summed E-state index contributed by atoms with van der Waals surface area (Å²) in [5.74, 6) is -0.0689. The molecule has 1 atom stereocenters. The van der Waals surface area contributed by atoms with Gasteiger partial charge in [-0.2, -0.15) is 5.10 Å². The van der Waals surface area contributed by atoms with Crippen molar-refractivity contribution in [1.82, 2.24) is 9.78 Å². The van der Waals surface area contributed by atoms with Crippen LogP contribution in [0.2, 0.25) is 0 Å². The summed E-state index contributed by atoms with van der Waals surface area (Å²) in [6, 6.07) is 17.7. The smallest absolute Gasteiger partial charge is 0.249 e. The van der Waals surface area contributed by atoms with Crippen molar-refractivity contribution >= 4 is 27.5 Å². The molecule has 0 aliphatic carbocycles. The molecule has 0 bridgehead atoms. The van der Waals surface area contributed by atoms with E-state index in [0.717, 1.165) is 21.3 Å². The minimum absolute atomic E-state index is 0.0689. The number of rotatable bonds is 5. The predicted octanol–water partition coefficient (Wildman–Crippen LogP) is 4.90. The number of amides is 1. The summed E-state index contributed by atoms with van der Waals surface area (Å²) in [4.78, 5) is 12.5. The molecule has 24 heavy (non-hydrogen) atoms. The molecule has 3 rings (SSSR count). The van der Waals surface area contributed by atoms with E-state index < -0.39 is 0 Å². The lowest BCUT2D eigenvalue weighted by Gasteiger charge is -2.15. The van der Waals surface area contributed by atoms with Crippen LogP contribution in [-0.4, -0.2) is 15.7 Å². The van der Waals surface area contributed by atoms with Crippen molar-refractivity contribution in [3.63, 3.8) is 0 Å². The van der Waals surface area contributed by atoms with Crippen LogP contribution in [0.5, 0.6) is 0 Å². The molecule has 0 saturated heterocycles. The van der Waals surface area contributed by atoms with E-state index in [1.807, 2.05) is 55.6 Å². The van der Waals surface area contributed by atoms with Crippen LogP contribution in [0.3, 0.4) is 0 Å². The first-order valence-electron chi connectivity index (χ1n) is 7.83. The number of anilines is 1. The van der Waals surface area contributed by atoms with Gasteiger partial charge in [-0.1, -0.05) is 49.4 Å². The van der Waals surface area contributed by atoms with Gasteiger partial charge in [0.2, 0.25) is 5.91 Å². The molecule has 0 radical (unpaired) electrons. The van der Waals surface area contributed by atoms with Crippen molar-refractivity contribution in [1.29, 1.82) is 0 Å². The van der Waals surface area contributed by atoms with Crippen molar-refractivity contribution in [2.75, 3.05) is 5.32 Å². The third kappa shape index (κ3) is 3.74. The molecule has 0 aliphatic rings. The van der Waals surface area contributed by atoms with Crippen molar-refractivity contribution in [3.05, 3.63) is 71.5 Å². The first-order valence-corrected chi connectivity index (χ1v) is 8.62. The summed E-state index contributed by atoms with van der Waals surface area (Å²) in [6.45, 7) is 1.97. The summed E-state index contributed by atoms with van der Waals surface area (Å²) >= 11 is 3.36. The summed E-state index contributed by atoms with van der Waals surface area (Å²) in [7, 11) is 0. The minimum Gasteiger partial charge on any atom is -0.324 e. The van der Waals surface area contributed by atoms with Crippen LogP contribution in [-0.2, 0) is 4.79 Å². The Morgan fingerprint density at radius 3 is 2.38 bits per heavy atom. The van der Waals surface area contributed by atoms with Gasteiger partial charge in [0.15, 0.2) is 0 Å². The second-order valence-corrected chi connectivity index (χ2v) is 6.41. The molecule has 1 amide bonds. The lowest BCUT2D eigenvalue weighted by atomic mass is 10.1. The topological polar surface area (TPSA) is 46.9 Å². The second-order valence-electron chi connectivity index (χ2n) is 5.50. The molecule has 0 aliphatic heterocycles. The Balaban J connectivity index is 1.72. The zero-order valence-corrected chi connectivity index (χ0v) is 14.9.